The molecule has 0 unspecified atom stereocenters. The van der Waals surface area contributed by atoms with Crippen LogP contribution in [0.5, 0.6) is 0 Å². The van der Waals surface area contributed by atoms with E-state index < -0.39 is 11.7 Å². The number of para-hydroxylation sites is 1. The number of ether oxygens (including phenoxy) is 1. The highest BCUT2D eigenvalue weighted by atomic mass is 32.1. The summed E-state index contributed by atoms with van der Waals surface area (Å²) in [4.78, 5) is 42.0. The maximum atomic E-state index is 12.7. The summed E-state index contributed by atoms with van der Waals surface area (Å²) in [7, 11) is 0. The number of aryl methyl sites for hydroxylation is 2. The Morgan fingerprint density at radius 2 is 1.75 bits per heavy atom. The second-order valence-corrected chi connectivity index (χ2v) is 9.65. The van der Waals surface area contributed by atoms with Gasteiger partial charge in [0, 0.05) is 17.8 Å². The van der Waals surface area contributed by atoms with Gasteiger partial charge in [-0.25, -0.2) is 9.78 Å². The molecule has 0 spiro atoms. The molecule has 174 valence electrons. The fraction of sp³-hybridized carbons (Fsp3) is 0.478. The molecule has 3 N–H and O–H groups in total. The van der Waals surface area contributed by atoms with Crippen molar-refractivity contribution in [2.24, 2.45) is 0 Å². The number of aromatic nitrogens is 1. The summed E-state index contributed by atoms with van der Waals surface area (Å²) in [5, 5.41) is 8.85. The van der Waals surface area contributed by atoms with Gasteiger partial charge in [0.25, 0.3) is 5.91 Å². The fourth-order valence-corrected chi connectivity index (χ4v) is 3.60. The Kier molecular flexibility index (Phi) is 9.19. The SMILES string of the molecule is Cc1nc(NC(=O)c2ccccc2NC(=O)CCCCCNC(=O)OC(C)(C)C)sc1C. The van der Waals surface area contributed by atoms with Gasteiger partial charge in [0.1, 0.15) is 5.60 Å². The summed E-state index contributed by atoms with van der Waals surface area (Å²) < 4.78 is 5.17. The second kappa shape index (κ2) is 11.6. The molecule has 0 aliphatic heterocycles. The van der Waals surface area contributed by atoms with Gasteiger partial charge >= 0.3 is 6.09 Å². The third kappa shape index (κ3) is 8.66. The molecule has 8 nitrogen and oxygen atoms in total. The maximum absolute atomic E-state index is 12.7. The highest BCUT2D eigenvalue weighted by Gasteiger charge is 2.16. The summed E-state index contributed by atoms with van der Waals surface area (Å²) in [5.74, 6) is -0.478. The van der Waals surface area contributed by atoms with Crippen molar-refractivity contribution in [2.45, 2.75) is 65.9 Å². The van der Waals surface area contributed by atoms with Crippen LogP contribution in [0.15, 0.2) is 24.3 Å². The summed E-state index contributed by atoms with van der Waals surface area (Å²) in [5.41, 5.74) is 1.21. The highest BCUT2D eigenvalue weighted by Crippen LogP contribution is 2.23. The minimum absolute atomic E-state index is 0.161. The quantitative estimate of drug-likeness (QED) is 0.454. The number of anilines is 2. The van der Waals surface area contributed by atoms with Gasteiger partial charge in [-0.3, -0.25) is 14.9 Å². The number of hydrogen-bond donors (Lipinski definition) is 3. The molecule has 2 aromatic rings. The van der Waals surface area contributed by atoms with Crippen molar-refractivity contribution in [3.8, 4) is 0 Å². The average molecular weight is 461 g/mol. The van der Waals surface area contributed by atoms with Crippen LogP contribution in [-0.2, 0) is 9.53 Å². The van der Waals surface area contributed by atoms with Gasteiger partial charge in [-0.15, -0.1) is 11.3 Å². The molecule has 0 saturated carbocycles. The van der Waals surface area contributed by atoms with E-state index in [1.807, 2.05) is 34.6 Å². The van der Waals surface area contributed by atoms with Crippen LogP contribution in [-0.4, -0.2) is 35.0 Å². The first-order chi connectivity index (χ1) is 15.0. The normalized spacial score (nSPS) is 11.0. The second-order valence-electron chi connectivity index (χ2n) is 8.45. The first kappa shape index (κ1) is 25.3. The van der Waals surface area contributed by atoms with Crippen LogP contribution in [0, 0.1) is 13.8 Å². The monoisotopic (exact) mass is 460 g/mol. The van der Waals surface area contributed by atoms with Crippen LogP contribution >= 0.6 is 11.3 Å². The van der Waals surface area contributed by atoms with E-state index in [4.69, 9.17) is 4.74 Å². The lowest BCUT2D eigenvalue weighted by Crippen LogP contribution is -2.33. The number of carbonyl (C=O) groups excluding carboxylic acids is 3. The molecule has 0 atom stereocenters. The minimum Gasteiger partial charge on any atom is -0.444 e. The van der Waals surface area contributed by atoms with Crippen molar-refractivity contribution in [1.82, 2.24) is 10.3 Å². The van der Waals surface area contributed by atoms with Crippen molar-refractivity contribution in [1.29, 1.82) is 0 Å². The number of rotatable bonds is 9. The van der Waals surface area contributed by atoms with Gasteiger partial charge in [-0.05, 0) is 59.6 Å². The first-order valence-electron chi connectivity index (χ1n) is 10.7. The lowest BCUT2D eigenvalue weighted by atomic mass is 10.1. The van der Waals surface area contributed by atoms with Gasteiger partial charge in [0.2, 0.25) is 5.91 Å². The van der Waals surface area contributed by atoms with Crippen LogP contribution in [0.1, 0.15) is 67.4 Å². The molecule has 0 saturated heterocycles. The van der Waals surface area contributed by atoms with E-state index in [-0.39, 0.29) is 11.8 Å². The smallest absolute Gasteiger partial charge is 0.407 e. The minimum atomic E-state index is -0.520. The van der Waals surface area contributed by atoms with Crippen LogP contribution < -0.4 is 16.0 Å². The lowest BCUT2D eigenvalue weighted by Gasteiger charge is -2.19. The first-order valence-corrected chi connectivity index (χ1v) is 11.5. The van der Waals surface area contributed by atoms with Crippen LogP contribution in [0.4, 0.5) is 15.6 Å². The fourth-order valence-electron chi connectivity index (χ4n) is 2.79. The van der Waals surface area contributed by atoms with Gasteiger partial charge in [0.05, 0.1) is 16.9 Å². The number of unbranched alkanes of at least 4 members (excludes halogenated alkanes) is 2. The zero-order valence-electron chi connectivity index (χ0n) is 19.3. The predicted octanol–water partition coefficient (Wildman–Crippen LogP) is 5.04. The Labute approximate surface area is 193 Å². The van der Waals surface area contributed by atoms with Gasteiger partial charge in [0.15, 0.2) is 5.13 Å². The maximum Gasteiger partial charge on any atom is 0.407 e. The number of nitrogens with zero attached hydrogens (tertiary/aromatic N) is 1. The van der Waals surface area contributed by atoms with Crippen molar-refractivity contribution in [2.75, 3.05) is 17.2 Å². The Morgan fingerprint density at radius 3 is 2.41 bits per heavy atom. The van der Waals surface area contributed by atoms with Gasteiger partial charge in [-0.1, -0.05) is 18.6 Å². The molecule has 1 aromatic carbocycles. The molecule has 0 bridgehead atoms. The van der Waals surface area contributed by atoms with Crippen LogP contribution in [0.3, 0.4) is 0 Å². The number of carbonyl (C=O) groups is 3. The molecule has 2 rings (SSSR count). The van der Waals surface area contributed by atoms with E-state index in [2.05, 4.69) is 20.9 Å². The summed E-state index contributed by atoms with van der Waals surface area (Å²) in [6, 6.07) is 6.89. The van der Waals surface area contributed by atoms with Crippen LogP contribution in [0.2, 0.25) is 0 Å². The molecule has 0 aliphatic rings. The number of alkyl carbamates (subject to hydrolysis) is 1. The summed E-state index contributed by atoms with van der Waals surface area (Å²) >= 11 is 1.41. The molecule has 0 aliphatic carbocycles. The highest BCUT2D eigenvalue weighted by molar-refractivity contribution is 7.15. The molecular weight excluding hydrogens is 428 g/mol. The average Bonchev–Trinajstić information content (AvgIpc) is 3.00. The zero-order valence-corrected chi connectivity index (χ0v) is 20.1. The standard InChI is InChI=1S/C23H32N4O4S/c1-15-16(2)32-21(25-15)27-20(29)17-11-8-9-12-18(17)26-19(28)13-7-6-10-14-24-22(30)31-23(3,4)5/h8-9,11-12H,6-7,10,13-14H2,1-5H3,(H,24,30)(H,26,28)(H,25,27,29). The van der Waals surface area contributed by atoms with Crippen molar-refractivity contribution >= 4 is 40.1 Å². The Bertz CT molecular complexity index is 930. The zero-order chi connectivity index (χ0) is 23.7. The molecular formula is C23H32N4O4S. The van der Waals surface area contributed by atoms with E-state index in [9.17, 15) is 14.4 Å². The third-order valence-electron chi connectivity index (χ3n) is 4.44. The Balaban J connectivity index is 1.76. The van der Waals surface area contributed by atoms with Crippen molar-refractivity contribution < 1.29 is 19.1 Å². The third-order valence-corrected chi connectivity index (χ3v) is 5.43. The number of amides is 3. The summed E-state index contributed by atoms with van der Waals surface area (Å²) in [6.45, 7) is 9.78. The molecule has 9 heteroatoms. The van der Waals surface area contributed by atoms with Crippen LogP contribution in [0.25, 0.3) is 0 Å². The van der Waals surface area contributed by atoms with E-state index in [1.165, 1.54) is 11.3 Å². The molecule has 32 heavy (non-hydrogen) atoms. The van der Waals surface area contributed by atoms with Crippen molar-refractivity contribution in [3.63, 3.8) is 0 Å². The number of hydrogen-bond acceptors (Lipinski definition) is 6. The molecule has 0 radical (unpaired) electrons. The van der Waals surface area contributed by atoms with E-state index in [0.717, 1.165) is 23.4 Å². The number of benzene rings is 1. The van der Waals surface area contributed by atoms with Gasteiger partial charge < -0.3 is 15.4 Å². The summed E-state index contributed by atoms with van der Waals surface area (Å²) in [6.07, 6.45) is 2.10. The molecule has 3 amide bonds. The number of thiazole rings is 1. The molecule has 1 heterocycles. The molecule has 1 aromatic heterocycles. The van der Waals surface area contributed by atoms with Gasteiger partial charge in [-0.2, -0.15) is 0 Å². The Hall–Kier alpha value is -2.94. The van der Waals surface area contributed by atoms with E-state index in [0.29, 0.717) is 35.8 Å². The predicted molar refractivity (Wildman–Crippen MR) is 127 cm³/mol. The lowest BCUT2D eigenvalue weighted by molar-refractivity contribution is -0.116. The molecule has 0 fully saturated rings. The number of nitrogens with one attached hydrogen (secondary N) is 3. The largest absolute Gasteiger partial charge is 0.444 e. The van der Waals surface area contributed by atoms with Crippen molar-refractivity contribution in [3.05, 3.63) is 40.4 Å². The van der Waals surface area contributed by atoms with E-state index >= 15 is 0 Å². The topological polar surface area (TPSA) is 109 Å². The Morgan fingerprint density at radius 1 is 1.03 bits per heavy atom. The van der Waals surface area contributed by atoms with E-state index in [1.54, 1.807) is 24.3 Å².